The molecule has 2 aliphatic heterocycles. The lowest BCUT2D eigenvalue weighted by Gasteiger charge is -2.40. The van der Waals surface area contributed by atoms with E-state index in [2.05, 4.69) is 21.7 Å². The third-order valence-corrected chi connectivity index (χ3v) is 6.27. The fourth-order valence-electron chi connectivity index (χ4n) is 4.76. The van der Waals surface area contributed by atoms with Gasteiger partial charge in [0.15, 0.2) is 0 Å². The second kappa shape index (κ2) is 6.61. The zero-order valence-corrected chi connectivity index (χ0v) is 15.0. The van der Waals surface area contributed by atoms with E-state index >= 15 is 0 Å². The molecule has 3 atom stereocenters. The van der Waals surface area contributed by atoms with Gasteiger partial charge in [0.05, 0.1) is 18.8 Å². The number of hydrogen-bond donors (Lipinski definition) is 2. The molecule has 4 rings (SSSR count). The van der Waals surface area contributed by atoms with Gasteiger partial charge in [-0.25, -0.2) is 0 Å². The van der Waals surface area contributed by atoms with Crippen LogP contribution in [0.15, 0.2) is 6.07 Å². The fourth-order valence-corrected chi connectivity index (χ4v) is 4.76. The lowest BCUT2D eigenvalue weighted by molar-refractivity contribution is -0.0597. The Morgan fingerprint density at radius 2 is 2.08 bits per heavy atom. The summed E-state index contributed by atoms with van der Waals surface area (Å²) in [5.74, 6) is 2.96. The number of nitrogens with two attached hydrogens (primary N) is 1. The smallest absolute Gasteiger partial charge is 0.229 e. The number of rotatable bonds is 3. The van der Waals surface area contributed by atoms with E-state index in [1.807, 2.05) is 6.07 Å². The van der Waals surface area contributed by atoms with Gasteiger partial charge in [-0.1, -0.05) is 13.3 Å². The van der Waals surface area contributed by atoms with E-state index in [9.17, 15) is 5.11 Å². The minimum atomic E-state index is -0.525. The Morgan fingerprint density at radius 3 is 2.84 bits per heavy atom. The summed E-state index contributed by atoms with van der Waals surface area (Å²) in [7, 11) is 0. The molecule has 3 aliphatic rings. The van der Waals surface area contributed by atoms with Gasteiger partial charge in [0.1, 0.15) is 11.6 Å². The van der Waals surface area contributed by atoms with E-state index in [0.717, 1.165) is 51.3 Å². The minimum Gasteiger partial charge on any atom is -0.390 e. The number of hydrogen-bond acceptors (Lipinski definition) is 7. The lowest BCUT2D eigenvalue weighted by atomic mass is 9.69. The Bertz CT molecular complexity index is 621. The number of morpholine rings is 1. The van der Waals surface area contributed by atoms with Crippen LogP contribution in [0.5, 0.6) is 0 Å². The van der Waals surface area contributed by atoms with Crippen LogP contribution in [0.2, 0.25) is 0 Å². The van der Waals surface area contributed by atoms with Crippen LogP contribution in [0.25, 0.3) is 0 Å². The zero-order chi connectivity index (χ0) is 17.4. The van der Waals surface area contributed by atoms with Gasteiger partial charge in [0.2, 0.25) is 5.95 Å². The van der Waals surface area contributed by atoms with Crippen LogP contribution in [-0.4, -0.2) is 60.1 Å². The van der Waals surface area contributed by atoms with Gasteiger partial charge < -0.3 is 25.4 Å². The summed E-state index contributed by atoms with van der Waals surface area (Å²) in [6.07, 6.45) is 4.06. The number of ether oxygens (including phenoxy) is 1. The van der Waals surface area contributed by atoms with Crippen molar-refractivity contribution < 1.29 is 9.84 Å². The minimum absolute atomic E-state index is 0.328. The molecule has 0 unspecified atom stereocenters. The molecule has 3 fully saturated rings. The van der Waals surface area contributed by atoms with E-state index in [-0.39, 0.29) is 0 Å². The molecule has 2 saturated heterocycles. The van der Waals surface area contributed by atoms with Gasteiger partial charge in [0.25, 0.3) is 0 Å². The lowest BCUT2D eigenvalue weighted by Crippen LogP contribution is -2.44. The summed E-state index contributed by atoms with van der Waals surface area (Å²) >= 11 is 0. The third kappa shape index (κ3) is 3.15. The largest absolute Gasteiger partial charge is 0.390 e. The molecule has 0 amide bonds. The molecule has 3 N–H and O–H groups in total. The van der Waals surface area contributed by atoms with Gasteiger partial charge in [0, 0.05) is 38.2 Å². The fraction of sp³-hybridized carbons (Fsp3) is 0.778. The predicted octanol–water partition coefficient (Wildman–Crippen LogP) is 1.27. The third-order valence-electron chi connectivity index (χ3n) is 6.27. The molecule has 1 aromatic heterocycles. The summed E-state index contributed by atoms with van der Waals surface area (Å²) in [5.41, 5.74) is 5.55. The molecule has 25 heavy (non-hydrogen) atoms. The standard InChI is InChI=1S/C18H29N5O2/c1-2-18(24)5-3-4-13-11-23(12-14(13)18)16-10-15(19)20-17(21-16)22-6-8-25-9-7-22/h10,13-14,24H,2-9,11-12H2,1H3,(H2,19,20,21)/t13-,14+,18-/m0/s1. The van der Waals surface area contributed by atoms with Crippen molar-refractivity contribution in [1.82, 2.24) is 9.97 Å². The first kappa shape index (κ1) is 16.8. The van der Waals surface area contributed by atoms with Gasteiger partial charge in [-0.3, -0.25) is 0 Å². The highest BCUT2D eigenvalue weighted by Crippen LogP contribution is 2.45. The summed E-state index contributed by atoms with van der Waals surface area (Å²) in [6, 6.07) is 1.87. The van der Waals surface area contributed by atoms with E-state index in [4.69, 9.17) is 15.5 Å². The van der Waals surface area contributed by atoms with Crippen LogP contribution in [0.3, 0.4) is 0 Å². The number of aromatic nitrogens is 2. The first-order valence-electron chi connectivity index (χ1n) is 9.53. The van der Waals surface area contributed by atoms with Crippen LogP contribution in [0.4, 0.5) is 17.6 Å². The molecule has 1 saturated carbocycles. The van der Waals surface area contributed by atoms with Crippen LogP contribution in [0, 0.1) is 11.8 Å². The molecule has 0 aromatic carbocycles. The Morgan fingerprint density at radius 1 is 1.28 bits per heavy atom. The first-order chi connectivity index (χ1) is 12.1. The summed E-state index contributed by atoms with van der Waals surface area (Å²) < 4.78 is 5.41. The number of fused-ring (bicyclic) bond motifs is 1. The second-order valence-electron chi connectivity index (χ2n) is 7.67. The van der Waals surface area contributed by atoms with Gasteiger partial charge in [-0.05, 0) is 25.2 Å². The highest BCUT2D eigenvalue weighted by atomic mass is 16.5. The molecule has 1 aliphatic carbocycles. The molecule has 7 nitrogen and oxygen atoms in total. The monoisotopic (exact) mass is 347 g/mol. The van der Waals surface area contributed by atoms with Gasteiger partial charge in [-0.2, -0.15) is 9.97 Å². The molecular weight excluding hydrogens is 318 g/mol. The highest BCUT2D eigenvalue weighted by Gasteiger charge is 2.48. The Labute approximate surface area is 149 Å². The van der Waals surface area contributed by atoms with Crippen molar-refractivity contribution in [2.45, 2.75) is 38.2 Å². The molecule has 0 bridgehead atoms. The predicted molar refractivity (Wildman–Crippen MR) is 97.8 cm³/mol. The van der Waals surface area contributed by atoms with E-state index in [1.165, 1.54) is 6.42 Å². The van der Waals surface area contributed by atoms with Crippen molar-refractivity contribution in [2.75, 3.05) is 54.9 Å². The second-order valence-corrected chi connectivity index (χ2v) is 7.67. The van der Waals surface area contributed by atoms with Crippen molar-refractivity contribution in [2.24, 2.45) is 11.8 Å². The van der Waals surface area contributed by atoms with E-state index in [0.29, 0.717) is 36.8 Å². The molecule has 3 heterocycles. The summed E-state index contributed by atoms with van der Waals surface area (Å²) in [4.78, 5) is 13.6. The number of nitrogens with zero attached hydrogens (tertiary/aromatic N) is 4. The average molecular weight is 347 g/mol. The Kier molecular flexibility index (Phi) is 4.45. The number of aliphatic hydroxyl groups is 1. The summed E-state index contributed by atoms with van der Waals surface area (Å²) in [6.45, 7) is 6.90. The maximum absolute atomic E-state index is 11.0. The molecule has 138 valence electrons. The van der Waals surface area contributed by atoms with Crippen molar-refractivity contribution in [3.8, 4) is 0 Å². The van der Waals surface area contributed by atoms with E-state index in [1.54, 1.807) is 0 Å². The highest BCUT2D eigenvalue weighted by molar-refractivity contribution is 5.53. The molecule has 0 spiro atoms. The zero-order valence-electron chi connectivity index (χ0n) is 15.0. The normalized spacial score (nSPS) is 32.7. The van der Waals surface area contributed by atoms with E-state index < -0.39 is 5.60 Å². The number of anilines is 3. The van der Waals surface area contributed by atoms with Crippen molar-refractivity contribution in [1.29, 1.82) is 0 Å². The van der Waals surface area contributed by atoms with Crippen molar-refractivity contribution in [3.05, 3.63) is 6.07 Å². The Balaban J connectivity index is 1.57. The molecule has 7 heteroatoms. The topological polar surface area (TPSA) is 87.7 Å². The van der Waals surface area contributed by atoms with Gasteiger partial charge >= 0.3 is 0 Å². The SMILES string of the molecule is CC[C@]1(O)CCC[C@H]2CN(c3cc(N)nc(N4CCOCC4)n3)C[C@H]21. The van der Waals surface area contributed by atoms with Crippen LogP contribution >= 0.6 is 0 Å². The molecule has 0 radical (unpaired) electrons. The Hall–Kier alpha value is -1.60. The quantitative estimate of drug-likeness (QED) is 0.851. The van der Waals surface area contributed by atoms with Crippen LogP contribution in [-0.2, 0) is 4.74 Å². The summed E-state index contributed by atoms with van der Waals surface area (Å²) in [5, 5.41) is 11.0. The van der Waals surface area contributed by atoms with Crippen molar-refractivity contribution >= 4 is 17.6 Å². The van der Waals surface area contributed by atoms with Gasteiger partial charge in [-0.15, -0.1) is 0 Å². The molecular formula is C18H29N5O2. The molecule has 1 aromatic rings. The number of nitrogen functional groups attached to an aromatic ring is 1. The van der Waals surface area contributed by atoms with Crippen LogP contribution < -0.4 is 15.5 Å². The van der Waals surface area contributed by atoms with Crippen molar-refractivity contribution in [3.63, 3.8) is 0 Å². The maximum atomic E-state index is 11.0. The van der Waals surface area contributed by atoms with Crippen LogP contribution in [0.1, 0.15) is 32.6 Å². The average Bonchev–Trinajstić information content (AvgIpc) is 3.08. The maximum Gasteiger partial charge on any atom is 0.229 e. The first-order valence-corrected chi connectivity index (χ1v) is 9.53.